The topological polar surface area (TPSA) is 55.4 Å². The Labute approximate surface area is 103 Å². The first-order valence-electron chi connectivity index (χ1n) is 5.86. The van der Waals surface area contributed by atoms with Gasteiger partial charge in [-0.1, -0.05) is 19.1 Å². The molecule has 0 aromatic rings. The van der Waals surface area contributed by atoms with E-state index in [0.29, 0.717) is 6.42 Å². The fraction of sp³-hybridized carbons (Fsp3) is 0.692. The van der Waals surface area contributed by atoms with Gasteiger partial charge in [0.2, 0.25) is 5.91 Å². The SMILES string of the molecule is CC=CC(C)CC(=O)NCC(=O)OC(C)(C)C. The third kappa shape index (κ3) is 9.60. The van der Waals surface area contributed by atoms with Crippen molar-refractivity contribution in [1.29, 1.82) is 0 Å². The number of amides is 1. The average Bonchev–Trinajstić information content (AvgIpc) is 2.12. The lowest BCUT2D eigenvalue weighted by Gasteiger charge is -2.19. The maximum absolute atomic E-state index is 11.4. The van der Waals surface area contributed by atoms with Gasteiger partial charge in [0.05, 0.1) is 0 Å². The van der Waals surface area contributed by atoms with Crippen LogP contribution in [0.1, 0.15) is 41.0 Å². The molecule has 1 amide bonds. The predicted molar refractivity (Wildman–Crippen MR) is 67.4 cm³/mol. The Morgan fingerprint density at radius 1 is 1.35 bits per heavy atom. The van der Waals surface area contributed by atoms with E-state index < -0.39 is 11.6 Å². The third-order valence-corrected chi connectivity index (χ3v) is 1.88. The van der Waals surface area contributed by atoms with Gasteiger partial charge in [-0.15, -0.1) is 0 Å². The minimum atomic E-state index is -0.514. The van der Waals surface area contributed by atoms with Crippen LogP contribution in [0.2, 0.25) is 0 Å². The molecule has 98 valence electrons. The number of hydrogen-bond donors (Lipinski definition) is 1. The van der Waals surface area contributed by atoms with Gasteiger partial charge < -0.3 is 10.1 Å². The highest BCUT2D eigenvalue weighted by Gasteiger charge is 2.16. The molecule has 0 spiro atoms. The summed E-state index contributed by atoms with van der Waals surface area (Å²) in [5.41, 5.74) is -0.514. The van der Waals surface area contributed by atoms with Crippen LogP contribution in [0.25, 0.3) is 0 Å². The Kier molecular flexibility index (Phi) is 6.54. The maximum atomic E-state index is 11.4. The molecule has 0 rings (SSSR count). The van der Waals surface area contributed by atoms with Crippen LogP contribution in [-0.2, 0) is 14.3 Å². The highest BCUT2D eigenvalue weighted by Crippen LogP contribution is 2.06. The van der Waals surface area contributed by atoms with Gasteiger partial charge in [-0.3, -0.25) is 9.59 Å². The molecule has 0 saturated heterocycles. The fourth-order valence-electron chi connectivity index (χ4n) is 1.31. The van der Waals surface area contributed by atoms with E-state index >= 15 is 0 Å². The van der Waals surface area contributed by atoms with Crippen molar-refractivity contribution in [3.05, 3.63) is 12.2 Å². The summed E-state index contributed by atoms with van der Waals surface area (Å²) in [7, 11) is 0. The molecule has 1 unspecified atom stereocenters. The minimum Gasteiger partial charge on any atom is -0.459 e. The van der Waals surface area contributed by atoms with Crippen molar-refractivity contribution in [2.24, 2.45) is 5.92 Å². The number of carbonyl (C=O) groups is 2. The van der Waals surface area contributed by atoms with Gasteiger partial charge in [0.15, 0.2) is 0 Å². The summed E-state index contributed by atoms with van der Waals surface area (Å²) >= 11 is 0. The van der Waals surface area contributed by atoms with Crippen LogP contribution in [0.15, 0.2) is 12.2 Å². The second-order valence-corrected chi connectivity index (χ2v) is 5.07. The van der Waals surface area contributed by atoms with E-state index in [1.54, 1.807) is 20.8 Å². The molecule has 0 radical (unpaired) electrons. The van der Waals surface area contributed by atoms with Crippen LogP contribution < -0.4 is 5.32 Å². The molecular weight excluding hydrogens is 218 g/mol. The second kappa shape index (κ2) is 7.09. The van der Waals surface area contributed by atoms with Gasteiger partial charge >= 0.3 is 5.97 Å². The zero-order valence-electron chi connectivity index (χ0n) is 11.4. The van der Waals surface area contributed by atoms with Crippen molar-refractivity contribution in [2.45, 2.75) is 46.6 Å². The van der Waals surface area contributed by atoms with Gasteiger partial charge in [0.25, 0.3) is 0 Å². The number of esters is 1. The van der Waals surface area contributed by atoms with E-state index in [0.717, 1.165) is 0 Å². The third-order valence-electron chi connectivity index (χ3n) is 1.88. The van der Waals surface area contributed by atoms with Crippen LogP contribution >= 0.6 is 0 Å². The molecule has 0 heterocycles. The molecule has 0 saturated carbocycles. The summed E-state index contributed by atoms with van der Waals surface area (Å²) in [6.45, 7) is 9.17. The molecule has 0 aromatic heterocycles. The van der Waals surface area contributed by atoms with Gasteiger partial charge in [-0.25, -0.2) is 0 Å². The molecule has 4 nitrogen and oxygen atoms in total. The maximum Gasteiger partial charge on any atom is 0.325 e. The van der Waals surface area contributed by atoms with E-state index in [1.165, 1.54) is 0 Å². The van der Waals surface area contributed by atoms with Crippen molar-refractivity contribution >= 4 is 11.9 Å². The van der Waals surface area contributed by atoms with E-state index in [-0.39, 0.29) is 18.4 Å². The predicted octanol–water partition coefficient (Wildman–Crippen LogP) is 2.05. The molecule has 4 heteroatoms. The number of hydrogen-bond acceptors (Lipinski definition) is 3. The molecule has 1 atom stereocenters. The number of nitrogens with one attached hydrogen (secondary N) is 1. The highest BCUT2D eigenvalue weighted by atomic mass is 16.6. The van der Waals surface area contributed by atoms with Gasteiger partial charge in [-0.05, 0) is 33.6 Å². The highest BCUT2D eigenvalue weighted by molar-refractivity contribution is 5.82. The van der Waals surface area contributed by atoms with Gasteiger partial charge in [0.1, 0.15) is 12.1 Å². The first-order valence-corrected chi connectivity index (χ1v) is 5.86. The molecule has 0 bridgehead atoms. The van der Waals surface area contributed by atoms with E-state index in [1.807, 2.05) is 26.0 Å². The van der Waals surface area contributed by atoms with E-state index in [9.17, 15) is 9.59 Å². The van der Waals surface area contributed by atoms with Crippen molar-refractivity contribution in [2.75, 3.05) is 6.54 Å². The average molecular weight is 241 g/mol. The summed E-state index contributed by atoms with van der Waals surface area (Å²) in [5, 5.41) is 2.55. The van der Waals surface area contributed by atoms with E-state index in [4.69, 9.17) is 4.74 Å². The molecule has 0 aliphatic carbocycles. The molecule has 0 aliphatic heterocycles. The number of ether oxygens (including phenoxy) is 1. The van der Waals surface area contributed by atoms with Crippen molar-refractivity contribution in [3.8, 4) is 0 Å². The Morgan fingerprint density at radius 2 is 1.94 bits per heavy atom. The zero-order valence-corrected chi connectivity index (χ0v) is 11.4. The largest absolute Gasteiger partial charge is 0.459 e. The van der Waals surface area contributed by atoms with E-state index in [2.05, 4.69) is 5.32 Å². The standard InChI is InChI=1S/C13H23NO3/c1-6-7-10(2)8-11(15)14-9-12(16)17-13(3,4)5/h6-7,10H,8-9H2,1-5H3,(H,14,15). The summed E-state index contributed by atoms with van der Waals surface area (Å²) in [5.74, 6) is -0.371. The molecule has 0 fully saturated rings. The summed E-state index contributed by atoms with van der Waals surface area (Å²) in [6, 6.07) is 0. The quantitative estimate of drug-likeness (QED) is 0.592. The number of allylic oxidation sites excluding steroid dienone is 2. The Hall–Kier alpha value is -1.32. The summed E-state index contributed by atoms with van der Waals surface area (Å²) in [4.78, 5) is 22.8. The smallest absolute Gasteiger partial charge is 0.325 e. The summed E-state index contributed by atoms with van der Waals surface area (Å²) < 4.78 is 5.07. The lowest BCUT2D eigenvalue weighted by atomic mass is 10.1. The molecule has 0 aromatic carbocycles. The first-order chi connectivity index (χ1) is 7.74. The normalized spacial score (nSPS) is 13.5. The molecule has 17 heavy (non-hydrogen) atoms. The number of carbonyl (C=O) groups excluding carboxylic acids is 2. The lowest BCUT2D eigenvalue weighted by molar-refractivity contribution is -0.154. The summed E-state index contributed by atoms with van der Waals surface area (Å²) in [6.07, 6.45) is 4.24. The monoisotopic (exact) mass is 241 g/mol. The molecular formula is C13H23NO3. The van der Waals surface area contributed by atoms with Gasteiger partial charge in [-0.2, -0.15) is 0 Å². The minimum absolute atomic E-state index is 0.0708. The molecule has 0 aliphatic rings. The van der Waals surface area contributed by atoms with Crippen LogP contribution in [0.3, 0.4) is 0 Å². The van der Waals surface area contributed by atoms with Crippen molar-refractivity contribution in [1.82, 2.24) is 5.32 Å². The van der Waals surface area contributed by atoms with Crippen molar-refractivity contribution < 1.29 is 14.3 Å². The number of rotatable bonds is 5. The van der Waals surface area contributed by atoms with Crippen molar-refractivity contribution in [3.63, 3.8) is 0 Å². The zero-order chi connectivity index (χ0) is 13.5. The van der Waals surface area contributed by atoms with Gasteiger partial charge in [0, 0.05) is 6.42 Å². The van der Waals surface area contributed by atoms with Crippen LogP contribution in [0.4, 0.5) is 0 Å². The Balaban J connectivity index is 3.89. The molecule has 1 N–H and O–H groups in total. The Morgan fingerprint density at radius 3 is 2.41 bits per heavy atom. The fourth-order valence-corrected chi connectivity index (χ4v) is 1.31. The Bertz CT molecular complexity index is 290. The van der Waals surface area contributed by atoms with Crippen LogP contribution in [0, 0.1) is 5.92 Å². The lowest BCUT2D eigenvalue weighted by Crippen LogP contribution is -2.35. The van der Waals surface area contributed by atoms with Crippen LogP contribution in [-0.4, -0.2) is 24.0 Å². The first kappa shape index (κ1) is 15.7. The van der Waals surface area contributed by atoms with Crippen LogP contribution in [0.5, 0.6) is 0 Å². The second-order valence-electron chi connectivity index (χ2n) is 5.07.